The summed E-state index contributed by atoms with van der Waals surface area (Å²) < 4.78 is 1.05. The summed E-state index contributed by atoms with van der Waals surface area (Å²) in [4.78, 5) is 11.8. The van der Waals surface area contributed by atoms with E-state index in [0.29, 0.717) is 0 Å². The van der Waals surface area contributed by atoms with Crippen LogP contribution in [0.4, 0.5) is 0 Å². The van der Waals surface area contributed by atoms with E-state index in [1.165, 1.54) is 0 Å². The average Bonchev–Trinajstić information content (AvgIpc) is 2.16. The van der Waals surface area contributed by atoms with Crippen molar-refractivity contribution >= 4 is 28.4 Å². The molecule has 2 heteroatoms. The predicted octanol–water partition coefficient (Wildman–Crippen LogP) is 3.52. The van der Waals surface area contributed by atoms with Crippen LogP contribution in [0.1, 0.15) is 30.6 Å². The standard InChI is InChI=1S/C11H13IO/c1-3-8(2)11(13)9-6-4-5-7-10(9)12/h4-8H,3H2,1-2H3. The van der Waals surface area contributed by atoms with Gasteiger partial charge in [0.1, 0.15) is 0 Å². The van der Waals surface area contributed by atoms with Crippen molar-refractivity contribution < 1.29 is 4.79 Å². The van der Waals surface area contributed by atoms with Gasteiger partial charge in [0.25, 0.3) is 0 Å². The van der Waals surface area contributed by atoms with E-state index in [4.69, 9.17) is 0 Å². The van der Waals surface area contributed by atoms with Crippen LogP contribution in [0, 0.1) is 9.49 Å². The van der Waals surface area contributed by atoms with Crippen molar-refractivity contribution in [2.75, 3.05) is 0 Å². The lowest BCUT2D eigenvalue weighted by Crippen LogP contribution is -2.11. The van der Waals surface area contributed by atoms with Gasteiger partial charge in [-0.05, 0) is 35.1 Å². The minimum Gasteiger partial charge on any atom is -0.294 e. The second kappa shape index (κ2) is 4.74. The zero-order valence-corrected chi connectivity index (χ0v) is 10.0. The molecular formula is C11H13IO. The Morgan fingerprint density at radius 1 is 1.46 bits per heavy atom. The van der Waals surface area contributed by atoms with Crippen molar-refractivity contribution in [1.82, 2.24) is 0 Å². The normalized spacial score (nSPS) is 12.5. The number of Topliss-reactive ketones (excluding diaryl/α,β-unsaturated/α-hetero) is 1. The summed E-state index contributed by atoms with van der Waals surface area (Å²) in [5.74, 6) is 0.392. The Balaban J connectivity index is 2.95. The van der Waals surface area contributed by atoms with E-state index in [0.717, 1.165) is 15.6 Å². The molecule has 0 aliphatic heterocycles. The molecular weight excluding hydrogens is 275 g/mol. The highest BCUT2D eigenvalue weighted by molar-refractivity contribution is 14.1. The van der Waals surface area contributed by atoms with Crippen LogP contribution >= 0.6 is 22.6 Å². The molecule has 70 valence electrons. The van der Waals surface area contributed by atoms with Gasteiger partial charge in [0.15, 0.2) is 5.78 Å². The Morgan fingerprint density at radius 2 is 2.08 bits per heavy atom. The monoisotopic (exact) mass is 288 g/mol. The Bertz CT molecular complexity index is 307. The first-order valence-corrected chi connectivity index (χ1v) is 5.53. The molecule has 0 heterocycles. The molecule has 0 spiro atoms. The second-order valence-electron chi connectivity index (χ2n) is 3.15. The Kier molecular flexibility index (Phi) is 3.90. The van der Waals surface area contributed by atoms with Crippen molar-refractivity contribution in [3.8, 4) is 0 Å². The second-order valence-corrected chi connectivity index (χ2v) is 4.32. The maximum atomic E-state index is 11.8. The number of halogens is 1. The fourth-order valence-corrected chi connectivity index (χ4v) is 1.77. The molecule has 1 atom stereocenters. The molecule has 0 bridgehead atoms. The quantitative estimate of drug-likeness (QED) is 0.614. The molecule has 0 aromatic heterocycles. The summed E-state index contributed by atoms with van der Waals surface area (Å²) >= 11 is 2.20. The van der Waals surface area contributed by atoms with Gasteiger partial charge in [-0.3, -0.25) is 4.79 Å². The van der Waals surface area contributed by atoms with Gasteiger partial charge in [-0.15, -0.1) is 0 Å². The average molecular weight is 288 g/mol. The van der Waals surface area contributed by atoms with Gasteiger partial charge >= 0.3 is 0 Å². The molecule has 0 saturated carbocycles. The third-order valence-corrected chi connectivity index (χ3v) is 3.14. The van der Waals surface area contributed by atoms with Crippen molar-refractivity contribution in [3.05, 3.63) is 33.4 Å². The number of hydrogen-bond acceptors (Lipinski definition) is 1. The molecule has 1 rings (SSSR count). The van der Waals surface area contributed by atoms with Gasteiger partial charge < -0.3 is 0 Å². The van der Waals surface area contributed by atoms with Crippen LogP contribution < -0.4 is 0 Å². The van der Waals surface area contributed by atoms with Crippen LogP contribution in [0.5, 0.6) is 0 Å². The molecule has 1 nitrogen and oxygen atoms in total. The van der Waals surface area contributed by atoms with Gasteiger partial charge in [0.2, 0.25) is 0 Å². The molecule has 0 aliphatic carbocycles. The summed E-state index contributed by atoms with van der Waals surface area (Å²) in [5, 5.41) is 0. The Morgan fingerprint density at radius 3 is 2.62 bits per heavy atom. The third-order valence-electron chi connectivity index (χ3n) is 2.20. The van der Waals surface area contributed by atoms with Gasteiger partial charge in [0, 0.05) is 15.1 Å². The number of benzene rings is 1. The molecule has 1 unspecified atom stereocenters. The zero-order chi connectivity index (χ0) is 9.84. The third kappa shape index (κ3) is 2.53. The van der Waals surface area contributed by atoms with E-state index in [2.05, 4.69) is 22.6 Å². The first-order valence-electron chi connectivity index (χ1n) is 4.45. The fourth-order valence-electron chi connectivity index (χ4n) is 1.11. The van der Waals surface area contributed by atoms with Crippen molar-refractivity contribution in [2.45, 2.75) is 20.3 Å². The molecule has 13 heavy (non-hydrogen) atoms. The molecule has 1 aromatic rings. The molecule has 0 amide bonds. The Labute approximate surface area is 92.7 Å². The Hall–Kier alpha value is -0.380. The van der Waals surface area contributed by atoms with E-state index >= 15 is 0 Å². The van der Waals surface area contributed by atoms with Gasteiger partial charge in [-0.1, -0.05) is 32.0 Å². The topological polar surface area (TPSA) is 17.1 Å². The molecule has 0 fully saturated rings. The van der Waals surface area contributed by atoms with Gasteiger partial charge in [-0.2, -0.15) is 0 Å². The molecule has 0 N–H and O–H groups in total. The highest BCUT2D eigenvalue weighted by Gasteiger charge is 2.14. The number of carbonyl (C=O) groups is 1. The van der Waals surface area contributed by atoms with Crippen LogP contribution in [-0.2, 0) is 0 Å². The van der Waals surface area contributed by atoms with Crippen LogP contribution in [-0.4, -0.2) is 5.78 Å². The first-order chi connectivity index (χ1) is 6.16. The number of carbonyl (C=O) groups excluding carboxylic acids is 1. The smallest absolute Gasteiger partial charge is 0.166 e. The summed E-state index contributed by atoms with van der Waals surface area (Å²) in [6, 6.07) is 7.74. The van der Waals surface area contributed by atoms with Crippen molar-refractivity contribution in [1.29, 1.82) is 0 Å². The molecule has 0 radical (unpaired) electrons. The number of hydrogen-bond donors (Lipinski definition) is 0. The lowest BCUT2D eigenvalue weighted by atomic mass is 9.97. The van der Waals surface area contributed by atoms with Crippen LogP contribution in [0.3, 0.4) is 0 Å². The summed E-state index contributed by atoms with van der Waals surface area (Å²) in [7, 11) is 0. The van der Waals surface area contributed by atoms with E-state index < -0.39 is 0 Å². The van der Waals surface area contributed by atoms with E-state index in [1.54, 1.807) is 0 Å². The highest BCUT2D eigenvalue weighted by atomic mass is 127. The molecule has 1 aromatic carbocycles. The van der Waals surface area contributed by atoms with Crippen LogP contribution in [0.2, 0.25) is 0 Å². The first kappa shape index (κ1) is 10.7. The van der Waals surface area contributed by atoms with Crippen molar-refractivity contribution in [3.63, 3.8) is 0 Å². The van der Waals surface area contributed by atoms with Gasteiger partial charge in [0.05, 0.1) is 0 Å². The molecule has 0 saturated heterocycles. The maximum Gasteiger partial charge on any atom is 0.166 e. The fraction of sp³-hybridized carbons (Fsp3) is 0.364. The van der Waals surface area contributed by atoms with E-state index in [9.17, 15) is 4.79 Å². The predicted molar refractivity (Wildman–Crippen MR) is 62.9 cm³/mol. The zero-order valence-electron chi connectivity index (χ0n) is 7.88. The lowest BCUT2D eigenvalue weighted by molar-refractivity contribution is 0.0926. The van der Waals surface area contributed by atoms with Crippen LogP contribution in [0.25, 0.3) is 0 Å². The summed E-state index contributed by atoms with van der Waals surface area (Å²) in [6.07, 6.45) is 0.907. The SMILES string of the molecule is CCC(C)C(=O)c1ccccc1I. The number of ketones is 1. The summed E-state index contributed by atoms with van der Waals surface area (Å²) in [6.45, 7) is 4.02. The van der Waals surface area contributed by atoms with Gasteiger partial charge in [-0.25, -0.2) is 0 Å². The minimum atomic E-state index is 0.135. The minimum absolute atomic E-state index is 0.135. The largest absolute Gasteiger partial charge is 0.294 e. The number of rotatable bonds is 3. The van der Waals surface area contributed by atoms with E-state index in [-0.39, 0.29) is 11.7 Å². The maximum absolute atomic E-state index is 11.8. The summed E-state index contributed by atoms with van der Waals surface area (Å²) in [5.41, 5.74) is 0.859. The highest BCUT2D eigenvalue weighted by Crippen LogP contribution is 2.17. The van der Waals surface area contributed by atoms with Crippen molar-refractivity contribution in [2.24, 2.45) is 5.92 Å². The van der Waals surface area contributed by atoms with E-state index in [1.807, 2.05) is 38.1 Å². The molecule has 0 aliphatic rings. The van der Waals surface area contributed by atoms with Crippen LogP contribution in [0.15, 0.2) is 24.3 Å². The lowest BCUT2D eigenvalue weighted by Gasteiger charge is -2.08.